The van der Waals surface area contributed by atoms with E-state index < -0.39 is 0 Å². The lowest BCUT2D eigenvalue weighted by Crippen LogP contribution is -2.37. The Morgan fingerprint density at radius 1 is 1.45 bits per heavy atom. The molecule has 62 valence electrons. The second-order valence-corrected chi connectivity index (χ2v) is 3.16. The Kier molecular flexibility index (Phi) is 2.83. The predicted octanol–water partition coefficient (Wildman–Crippen LogP) is 1.26. The minimum atomic E-state index is 0.0567. The number of allylic oxidation sites excluding steroid dienone is 1. The maximum absolute atomic E-state index is 11.2. The minimum absolute atomic E-state index is 0.0567. The zero-order valence-corrected chi connectivity index (χ0v) is 6.75. The summed E-state index contributed by atoms with van der Waals surface area (Å²) in [5, 5.41) is 0. The zero-order valence-electron chi connectivity index (χ0n) is 6.75. The number of carbonyl (C=O) groups is 1. The number of nitrogens with two attached hydrogens (primary N) is 1. The van der Waals surface area contributed by atoms with Crippen LogP contribution in [0.15, 0.2) is 12.7 Å². The number of hydrogen-bond acceptors (Lipinski definition) is 2. The van der Waals surface area contributed by atoms with E-state index >= 15 is 0 Å². The molecule has 1 rings (SSSR count). The van der Waals surface area contributed by atoms with Crippen LogP contribution in [0.3, 0.4) is 0 Å². The van der Waals surface area contributed by atoms with Gasteiger partial charge in [0.2, 0.25) is 0 Å². The highest BCUT2D eigenvalue weighted by atomic mass is 16.1. The van der Waals surface area contributed by atoms with E-state index in [1.54, 1.807) is 0 Å². The van der Waals surface area contributed by atoms with Crippen molar-refractivity contribution < 1.29 is 4.79 Å². The fourth-order valence-electron chi connectivity index (χ4n) is 1.66. The van der Waals surface area contributed by atoms with E-state index in [1.807, 2.05) is 0 Å². The van der Waals surface area contributed by atoms with Gasteiger partial charge in [-0.05, 0) is 18.9 Å². The molecule has 11 heavy (non-hydrogen) atoms. The molecule has 2 unspecified atom stereocenters. The Morgan fingerprint density at radius 2 is 2.09 bits per heavy atom. The van der Waals surface area contributed by atoms with Crippen LogP contribution in [0, 0.1) is 5.92 Å². The van der Waals surface area contributed by atoms with Crippen LogP contribution in [-0.2, 0) is 4.79 Å². The molecule has 2 nitrogen and oxygen atoms in total. The summed E-state index contributed by atoms with van der Waals surface area (Å²) >= 11 is 0. The molecule has 0 radical (unpaired) electrons. The van der Waals surface area contributed by atoms with Crippen LogP contribution in [0.1, 0.15) is 25.7 Å². The van der Waals surface area contributed by atoms with E-state index in [1.165, 1.54) is 12.5 Å². The Balaban J connectivity index is 2.53. The topological polar surface area (TPSA) is 43.1 Å². The van der Waals surface area contributed by atoms with Crippen molar-refractivity contribution in [2.45, 2.75) is 31.7 Å². The number of rotatable bonds is 2. The van der Waals surface area contributed by atoms with Gasteiger partial charge in [-0.15, -0.1) is 0 Å². The van der Waals surface area contributed by atoms with E-state index in [-0.39, 0.29) is 17.7 Å². The molecular formula is C9H15NO. The standard InChI is InChI=1S/C9H15NO/c1-2-9(11)7-5-3-4-6-8(7)10/h2,7-8H,1,3-6,10H2. The average molecular weight is 153 g/mol. The molecule has 0 aromatic carbocycles. The van der Waals surface area contributed by atoms with Crippen molar-refractivity contribution in [3.63, 3.8) is 0 Å². The molecule has 0 heterocycles. The normalized spacial score (nSPS) is 31.4. The molecule has 0 aliphatic heterocycles. The lowest BCUT2D eigenvalue weighted by molar-refractivity contribution is -0.119. The van der Waals surface area contributed by atoms with Crippen LogP contribution in [-0.4, -0.2) is 11.8 Å². The summed E-state index contributed by atoms with van der Waals surface area (Å²) in [6.07, 6.45) is 5.64. The van der Waals surface area contributed by atoms with Crippen LogP contribution in [0.25, 0.3) is 0 Å². The lowest BCUT2D eigenvalue weighted by atomic mass is 9.82. The molecule has 1 aliphatic rings. The lowest BCUT2D eigenvalue weighted by Gasteiger charge is -2.26. The summed E-state index contributed by atoms with van der Waals surface area (Å²) in [5.74, 6) is 0.179. The second kappa shape index (κ2) is 3.67. The number of hydrogen-bond donors (Lipinski definition) is 1. The average Bonchev–Trinajstić information content (AvgIpc) is 2.04. The van der Waals surface area contributed by atoms with Crippen LogP contribution in [0.5, 0.6) is 0 Å². The van der Waals surface area contributed by atoms with Crippen molar-refractivity contribution in [1.29, 1.82) is 0 Å². The van der Waals surface area contributed by atoms with Gasteiger partial charge < -0.3 is 5.73 Å². The summed E-state index contributed by atoms with van der Waals surface area (Å²) in [7, 11) is 0. The molecule has 2 heteroatoms. The van der Waals surface area contributed by atoms with Gasteiger partial charge in [0.1, 0.15) is 0 Å². The fraction of sp³-hybridized carbons (Fsp3) is 0.667. The molecule has 0 spiro atoms. The quantitative estimate of drug-likeness (QED) is 0.607. The van der Waals surface area contributed by atoms with Gasteiger partial charge in [0, 0.05) is 12.0 Å². The summed E-state index contributed by atoms with van der Waals surface area (Å²) < 4.78 is 0. The minimum Gasteiger partial charge on any atom is -0.327 e. The molecule has 2 N–H and O–H groups in total. The van der Waals surface area contributed by atoms with E-state index in [9.17, 15) is 4.79 Å². The third-order valence-electron chi connectivity index (χ3n) is 2.39. The van der Waals surface area contributed by atoms with Gasteiger partial charge in [-0.3, -0.25) is 4.79 Å². The highest BCUT2D eigenvalue weighted by Gasteiger charge is 2.25. The van der Waals surface area contributed by atoms with Crippen molar-refractivity contribution in [3.8, 4) is 0 Å². The third kappa shape index (κ3) is 1.90. The van der Waals surface area contributed by atoms with Crippen molar-refractivity contribution in [1.82, 2.24) is 0 Å². The largest absolute Gasteiger partial charge is 0.327 e. The maximum atomic E-state index is 11.2. The Labute approximate surface area is 67.5 Å². The predicted molar refractivity (Wildman–Crippen MR) is 45.1 cm³/mol. The van der Waals surface area contributed by atoms with Gasteiger partial charge in [0.05, 0.1) is 0 Å². The first kappa shape index (κ1) is 8.47. The maximum Gasteiger partial charge on any atom is 0.159 e. The van der Waals surface area contributed by atoms with E-state index in [0.717, 1.165) is 19.3 Å². The molecule has 2 atom stereocenters. The van der Waals surface area contributed by atoms with E-state index in [2.05, 4.69) is 6.58 Å². The first-order valence-corrected chi connectivity index (χ1v) is 4.17. The molecule has 1 saturated carbocycles. The van der Waals surface area contributed by atoms with E-state index in [0.29, 0.717) is 0 Å². The molecule has 0 saturated heterocycles. The molecule has 0 aromatic heterocycles. The van der Waals surface area contributed by atoms with Gasteiger partial charge in [0.25, 0.3) is 0 Å². The van der Waals surface area contributed by atoms with Crippen LogP contribution in [0.4, 0.5) is 0 Å². The highest BCUT2D eigenvalue weighted by molar-refractivity contribution is 5.91. The molecule has 1 aliphatic carbocycles. The Bertz CT molecular complexity index is 165. The zero-order chi connectivity index (χ0) is 8.27. The summed E-state index contributed by atoms with van der Waals surface area (Å²) in [6.45, 7) is 3.47. The highest BCUT2D eigenvalue weighted by Crippen LogP contribution is 2.23. The second-order valence-electron chi connectivity index (χ2n) is 3.16. The smallest absolute Gasteiger partial charge is 0.159 e. The first-order chi connectivity index (χ1) is 5.25. The van der Waals surface area contributed by atoms with Crippen LogP contribution >= 0.6 is 0 Å². The van der Waals surface area contributed by atoms with Crippen molar-refractivity contribution in [2.24, 2.45) is 11.7 Å². The fourth-order valence-corrected chi connectivity index (χ4v) is 1.66. The van der Waals surface area contributed by atoms with E-state index in [4.69, 9.17) is 5.73 Å². The first-order valence-electron chi connectivity index (χ1n) is 4.17. The summed E-state index contributed by atoms with van der Waals surface area (Å²) in [6, 6.07) is 0.0780. The molecule has 0 bridgehead atoms. The third-order valence-corrected chi connectivity index (χ3v) is 2.39. The van der Waals surface area contributed by atoms with Crippen molar-refractivity contribution >= 4 is 5.78 Å². The van der Waals surface area contributed by atoms with Gasteiger partial charge >= 0.3 is 0 Å². The van der Waals surface area contributed by atoms with Crippen molar-refractivity contribution in [3.05, 3.63) is 12.7 Å². The number of carbonyl (C=O) groups excluding carboxylic acids is 1. The monoisotopic (exact) mass is 153 g/mol. The van der Waals surface area contributed by atoms with Crippen LogP contribution in [0.2, 0.25) is 0 Å². The van der Waals surface area contributed by atoms with Gasteiger partial charge in [-0.1, -0.05) is 19.4 Å². The van der Waals surface area contributed by atoms with Gasteiger partial charge in [-0.25, -0.2) is 0 Å². The van der Waals surface area contributed by atoms with Gasteiger partial charge in [0.15, 0.2) is 5.78 Å². The Hall–Kier alpha value is -0.630. The van der Waals surface area contributed by atoms with Gasteiger partial charge in [-0.2, -0.15) is 0 Å². The molecule has 0 amide bonds. The summed E-state index contributed by atoms with van der Waals surface area (Å²) in [4.78, 5) is 11.2. The Morgan fingerprint density at radius 3 is 2.64 bits per heavy atom. The number of ketones is 1. The molecular weight excluding hydrogens is 138 g/mol. The summed E-state index contributed by atoms with van der Waals surface area (Å²) in [5.41, 5.74) is 5.79. The SMILES string of the molecule is C=CC(=O)C1CCCCC1N. The molecule has 1 fully saturated rings. The molecule has 0 aromatic rings. The van der Waals surface area contributed by atoms with Crippen molar-refractivity contribution in [2.75, 3.05) is 0 Å². The van der Waals surface area contributed by atoms with Crippen LogP contribution < -0.4 is 5.73 Å².